The van der Waals surface area contributed by atoms with Crippen LogP contribution in [0, 0.1) is 6.92 Å². The van der Waals surface area contributed by atoms with Crippen molar-refractivity contribution in [2.24, 2.45) is 0 Å². The summed E-state index contributed by atoms with van der Waals surface area (Å²) >= 11 is 0. The zero-order chi connectivity index (χ0) is 14.5. The van der Waals surface area contributed by atoms with Gasteiger partial charge in [-0.25, -0.2) is 0 Å². The van der Waals surface area contributed by atoms with Crippen LogP contribution in [0.1, 0.15) is 12.0 Å². The van der Waals surface area contributed by atoms with E-state index in [-0.39, 0.29) is 12.4 Å². The zero-order valence-corrected chi connectivity index (χ0v) is 11.3. The van der Waals surface area contributed by atoms with Crippen LogP contribution in [0.4, 0.5) is 18.9 Å². The molecular formula is C12H16F3NO2S. The van der Waals surface area contributed by atoms with Crippen molar-refractivity contribution in [3.8, 4) is 0 Å². The average molecular weight is 295 g/mol. The molecule has 0 radical (unpaired) electrons. The fourth-order valence-corrected chi connectivity index (χ4v) is 2.76. The normalized spacial score (nSPS) is 13.5. The maximum Gasteiger partial charge on any atom is 0.411 e. The highest BCUT2D eigenvalue weighted by atomic mass is 32.2. The molecule has 0 aromatic heterocycles. The Hall–Kier alpha value is -1.08. The van der Waals surface area contributed by atoms with Gasteiger partial charge in [0, 0.05) is 22.9 Å². The van der Waals surface area contributed by atoms with Gasteiger partial charge >= 0.3 is 6.18 Å². The van der Waals surface area contributed by atoms with E-state index in [0.29, 0.717) is 17.0 Å². The Kier molecular flexibility index (Phi) is 5.81. The second-order valence-corrected chi connectivity index (χ2v) is 5.64. The number of halogens is 3. The molecule has 0 spiro atoms. The quantitative estimate of drug-likeness (QED) is 0.648. The molecule has 0 aliphatic rings. The minimum Gasteiger partial charge on any atom is -0.399 e. The molecule has 0 fully saturated rings. The lowest BCUT2D eigenvalue weighted by atomic mass is 10.2. The SMILES string of the molecule is Cc1cc(N)ccc1S(=O)CCCOCC(F)(F)F. The van der Waals surface area contributed by atoms with Gasteiger partial charge < -0.3 is 10.5 Å². The van der Waals surface area contributed by atoms with Crippen molar-refractivity contribution in [2.75, 3.05) is 24.7 Å². The zero-order valence-electron chi connectivity index (χ0n) is 10.5. The van der Waals surface area contributed by atoms with Crippen LogP contribution in [-0.4, -0.2) is 29.4 Å². The molecule has 0 heterocycles. The highest BCUT2D eigenvalue weighted by Crippen LogP contribution is 2.17. The van der Waals surface area contributed by atoms with Crippen molar-refractivity contribution in [3.05, 3.63) is 23.8 Å². The Morgan fingerprint density at radius 2 is 2.05 bits per heavy atom. The summed E-state index contributed by atoms with van der Waals surface area (Å²) in [6, 6.07) is 5.05. The third-order valence-corrected chi connectivity index (χ3v) is 3.94. The summed E-state index contributed by atoms with van der Waals surface area (Å²) in [6.07, 6.45) is -4.00. The predicted octanol–water partition coefficient (Wildman–Crippen LogP) is 2.65. The number of nitrogen functional groups attached to an aromatic ring is 1. The summed E-state index contributed by atoms with van der Waals surface area (Å²) < 4.78 is 51.8. The van der Waals surface area contributed by atoms with E-state index in [1.54, 1.807) is 25.1 Å². The maximum atomic E-state index is 11.9. The lowest BCUT2D eigenvalue weighted by molar-refractivity contribution is -0.173. The summed E-state index contributed by atoms with van der Waals surface area (Å²) in [7, 11) is -1.24. The third-order valence-electron chi connectivity index (χ3n) is 2.33. The number of rotatable bonds is 6. The summed E-state index contributed by atoms with van der Waals surface area (Å²) in [5.41, 5.74) is 6.99. The van der Waals surface area contributed by atoms with Gasteiger partial charge in [0.15, 0.2) is 0 Å². The minimum atomic E-state index is -4.31. The van der Waals surface area contributed by atoms with Crippen LogP contribution < -0.4 is 5.73 Å². The number of ether oxygens (including phenoxy) is 1. The van der Waals surface area contributed by atoms with Crippen molar-refractivity contribution >= 4 is 16.5 Å². The van der Waals surface area contributed by atoms with E-state index in [1.165, 1.54) is 0 Å². The first kappa shape index (κ1) is 16.0. The van der Waals surface area contributed by atoms with Crippen LogP contribution in [0.3, 0.4) is 0 Å². The monoisotopic (exact) mass is 295 g/mol. The Morgan fingerprint density at radius 1 is 1.37 bits per heavy atom. The van der Waals surface area contributed by atoms with Crippen molar-refractivity contribution in [1.82, 2.24) is 0 Å². The van der Waals surface area contributed by atoms with Gasteiger partial charge in [0.1, 0.15) is 6.61 Å². The first-order chi connectivity index (χ1) is 8.79. The lowest BCUT2D eigenvalue weighted by Crippen LogP contribution is -2.18. The predicted molar refractivity (Wildman–Crippen MR) is 68.4 cm³/mol. The topological polar surface area (TPSA) is 52.3 Å². The number of alkyl halides is 3. The molecule has 0 saturated carbocycles. The molecule has 1 atom stereocenters. The molecule has 3 nitrogen and oxygen atoms in total. The fraction of sp³-hybridized carbons (Fsp3) is 0.500. The molecule has 2 N–H and O–H groups in total. The van der Waals surface area contributed by atoms with Crippen molar-refractivity contribution in [2.45, 2.75) is 24.4 Å². The largest absolute Gasteiger partial charge is 0.411 e. The molecule has 108 valence electrons. The van der Waals surface area contributed by atoms with Gasteiger partial charge in [0.05, 0.1) is 10.8 Å². The third kappa shape index (κ3) is 6.07. The van der Waals surface area contributed by atoms with Crippen LogP contribution >= 0.6 is 0 Å². The van der Waals surface area contributed by atoms with Gasteiger partial charge in [0.25, 0.3) is 0 Å². The van der Waals surface area contributed by atoms with Crippen LogP contribution in [0.25, 0.3) is 0 Å². The maximum absolute atomic E-state index is 11.9. The molecule has 19 heavy (non-hydrogen) atoms. The Morgan fingerprint density at radius 3 is 2.63 bits per heavy atom. The number of hydrogen-bond donors (Lipinski definition) is 1. The second-order valence-electron chi connectivity index (χ2n) is 4.10. The number of aryl methyl sites for hydroxylation is 1. The van der Waals surface area contributed by atoms with E-state index in [9.17, 15) is 17.4 Å². The highest BCUT2D eigenvalue weighted by Gasteiger charge is 2.27. The molecule has 1 rings (SSSR count). The first-order valence-corrected chi connectivity index (χ1v) is 7.00. The van der Waals surface area contributed by atoms with E-state index < -0.39 is 23.6 Å². The molecule has 1 aromatic carbocycles. The van der Waals surface area contributed by atoms with Crippen LogP contribution in [0.15, 0.2) is 23.1 Å². The van der Waals surface area contributed by atoms with Crippen molar-refractivity contribution in [1.29, 1.82) is 0 Å². The van der Waals surface area contributed by atoms with E-state index in [0.717, 1.165) is 5.56 Å². The number of nitrogens with two attached hydrogens (primary N) is 1. The van der Waals surface area contributed by atoms with Crippen molar-refractivity contribution < 1.29 is 22.1 Å². The molecule has 1 unspecified atom stereocenters. The van der Waals surface area contributed by atoms with Crippen molar-refractivity contribution in [3.63, 3.8) is 0 Å². The van der Waals surface area contributed by atoms with Crippen LogP contribution in [0.2, 0.25) is 0 Å². The standard InChI is InChI=1S/C12H16F3NO2S/c1-9-7-10(16)3-4-11(9)19(17)6-2-5-18-8-12(13,14)15/h3-4,7H,2,5-6,8,16H2,1H3. The van der Waals surface area contributed by atoms with Gasteiger partial charge in [-0.3, -0.25) is 4.21 Å². The second kappa shape index (κ2) is 6.91. The molecule has 0 aliphatic heterocycles. The Balaban J connectivity index is 2.36. The van der Waals surface area contributed by atoms with Crippen LogP contribution in [0.5, 0.6) is 0 Å². The van der Waals surface area contributed by atoms with Gasteiger partial charge in [0.2, 0.25) is 0 Å². The van der Waals surface area contributed by atoms with E-state index in [4.69, 9.17) is 5.73 Å². The van der Waals surface area contributed by atoms with Gasteiger partial charge in [-0.15, -0.1) is 0 Å². The van der Waals surface area contributed by atoms with E-state index in [1.807, 2.05) is 0 Å². The molecule has 7 heteroatoms. The number of benzene rings is 1. The molecule has 0 aliphatic carbocycles. The molecule has 0 bridgehead atoms. The highest BCUT2D eigenvalue weighted by molar-refractivity contribution is 7.85. The van der Waals surface area contributed by atoms with Gasteiger partial charge in [-0.1, -0.05) is 0 Å². The summed E-state index contributed by atoms with van der Waals surface area (Å²) in [5, 5.41) is 0. The fourth-order valence-electron chi connectivity index (χ4n) is 1.52. The van der Waals surface area contributed by atoms with Gasteiger partial charge in [-0.2, -0.15) is 13.2 Å². The smallest absolute Gasteiger partial charge is 0.399 e. The van der Waals surface area contributed by atoms with Crippen LogP contribution in [-0.2, 0) is 15.5 Å². The van der Waals surface area contributed by atoms with E-state index in [2.05, 4.69) is 4.74 Å². The Labute approximate surface area is 112 Å². The molecule has 1 aromatic rings. The summed E-state index contributed by atoms with van der Waals surface area (Å²) in [5.74, 6) is 0.266. The molecular weight excluding hydrogens is 279 g/mol. The Bertz CT molecular complexity index is 449. The minimum absolute atomic E-state index is 0.0563. The first-order valence-electron chi connectivity index (χ1n) is 5.68. The summed E-state index contributed by atoms with van der Waals surface area (Å²) in [4.78, 5) is 0.657. The van der Waals surface area contributed by atoms with E-state index >= 15 is 0 Å². The molecule has 0 saturated heterocycles. The molecule has 0 amide bonds. The lowest BCUT2D eigenvalue weighted by Gasteiger charge is -2.08. The van der Waals surface area contributed by atoms with Gasteiger partial charge in [-0.05, 0) is 37.1 Å². The average Bonchev–Trinajstić information content (AvgIpc) is 2.26. The number of anilines is 1. The number of hydrogen-bond acceptors (Lipinski definition) is 3. The summed E-state index contributed by atoms with van der Waals surface area (Å²) in [6.45, 7) is 0.476.